The van der Waals surface area contributed by atoms with Crippen LogP contribution in [0.15, 0.2) is 82.6 Å². The Labute approximate surface area is 165 Å². The van der Waals surface area contributed by atoms with Crippen molar-refractivity contribution in [3.05, 3.63) is 89.9 Å². The van der Waals surface area contributed by atoms with Gasteiger partial charge in [0.05, 0.1) is 18.6 Å². The lowest BCUT2D eigenvalue weighted by Gasteiger charge is -2.09. The Balaban J connectivity index is 1.59. The Hall–Kier alpha value is -3.19. The lowest BCUT2D eigenvalue weighted by molar-refractivity contribution is 0.102. The van der Waals surface area contributed by atoms with Crippen molar-refractivity contribution in [1.82, 2.24) is 14.8 Å². The minimum Gasteiger partial charge on any atom is -0.461 e. The van der Waals surface area contributed by atoms with Gasteiger partial charge in [-0.05, 0) is 29.8 Å². The molecule has 2 heterocycles. The van der Waals surface area contributed by atoms with Crippen LogP contribution in [0.4, 0.5) is 4.39 Å². The van der Waals surface area contributed by atoms with E-state index in [9.17, 15) is 9.18 Å². The highest BCUT2D eigenvalue weighted by atomic mass is 32.2. The maximum atomic E-state index is 13.4. The quantitative estimate of drug-likeness (QED) is 0.336. The van der Waals surface area contributed by atoms with Crippen molar-refractivity contribution in [3.63, 3.8) is 0 Å². The number of hydrogen-bond acceptors (Lipinski definition) is 5. The SMILES string of the molecule is O=C(CSc1nnc(-c2ccco2)n1Cc1ccccc1)c1cccc(F)c1. The monoisotopic (exact) mass is 393 g/mol. The van der Waals surface area contributed by atoms with Gasteiger partial charge < -0.3 is 4.42 Å². The van der Waals surface area contributed by atoms with Gasteiger partial charge in [-0.15, -0.1) is 10.2 Å². The normalized spacial score (nSPS) is 10.9. The van der Waals surface area contributed by atoms with Gasteiger partial charge in [-0.25, -0.2) is 4.39 Å². The van der Waals surface area contributed by atoms with Gasteiger partial charge in [0.1, 0.15) is 5.82 Å². The third kappa shape index (κ3) is 4.04. The average molecular weight is 393 g/mol. The molecule has 0 atom stereocenters. The van der Waals surface area contributed by atoms with Gasteiger partial charge in [0.15, 0.2) is 16.7 Å². The van der Waals surface area contributed by atoms with E-state index in [2.05, 4.69) is 10.2 Å². The number of rotatable bonds is 7. The number of carbonyl (C=O) groups excluding carboxylic acids is 1. The summed E-state index contributed by atoms with van der Waals surface area (Å²) < 4.78 is 20.8. The lowest BCUT2D eigenvalue weighted by Crippen LogP contribution is -2.07. The summed E-state index contributed by atoms with van der Waals surface area (Å²) >= 11 is 1.27. The molecule has 28 heavy (non-hydrogen) atoms. The molecule has 0 aliphatic rings. The summed E-state index contributed by atoms with van der Waals surface area (Å²) in [6.45, 7) is 0.542. The maximum absolute atomic E-state index is 13.4. The molecule has 0 amide bonds. The van der Waals surface area contributed by atoms with Gasteiger partial charge in [-0.3, -0.25) is 9.36 Å². The Morgan fingerprint density at radius 1 is 1.04 bits per heavy atom. The number of Topliss-reactive ketones (excluding diaryl/α,β-unsaturated/α-hetero) is 1. The van der Waals surface area contributed by atoms with E-state index in [0.29, 0.717) is 28.8 Å². The molecule has 0 aliphatic carbocycles. The fourth-order valence-electron chi connectivity index (χ4n) is 2.77. The van der Waals surface area contributed by atoms with Crippen molar-refractivity contribution in [1.29, 1.82) is 0 Å². The van der Waals surface area contributed by atoms with Crippen molar-refractivity contribution >= 4 is 17.5 Å². The molecule has 0 fully saturated rings. The first kappa shape index (κ1) is 18.2. The van der Waals surface area contributed by atoms with Crippen LogP contribution in [0.3, 0.4) is 0 Å². The van der Waals surface area contributed by atoms with Crippen molar-refractivity contribution in [3.8, 4) is 11.6 Å². The molecule has 4 aromatic rings. The zero-order valence-electron chi connectivity index (χ0n) is 14.8. The number of halogens is 1. The molecular weight excluding hydrogens is 377 g/mol. The first-order valence-electron chi connectivity index (χ1n) is 8.63. The molecule has 5 nitrogen and oxygen atoms in total. The van der Waals surface area contributed by atoms with Crippen molar-refractivity contribution in [2.75, 3.05) is 5.75 Å². The van der Waals surface area contributed by atoms with Gasteiger partial charge in [-0.2, -0.15) is 0 Å². The van der Waals surface area contributed by atoms with E-state index in [-0.39, 0.29) is 11.5 Å². The minimum absolute atomic E-state index is 0.133. The number of furan rings is 1. The average Bonchev–Trinajstić information content (AvgIpc) is 3.37. The molecule has 0 N–H and O–H groups in total. The van der Waals surface area contributed by atoms with E-state index >= 15 is 0 Å². The van der Waals surface area contributed by atoms with Gasteiger partial charge in [0, 0.05) is 5.56 Å². The van der Waals surface area contributed by atoms with Crippen LogP contribution in [0.5, 0.6) is 0 Å². The van der Waals surface area contributed by atoms with Gasteiger partial charge in [-0.1, -0.05) is 54.2 Å². The van der Waals surface area contributed by atoms with Crippen LogP contribution in [0.1, 0.15) is 15.9 Å². The number of ketones is 1. The predicted octanol–water partition coefficient (Wildman–Crippen LogP) is 4.70. The molecule has 7 heteroatoms. The Kier molecular flexibility index (Phi) is 5.34. The molecule has 2 aromatic heterocycles. The van der Waals surface area contributed by atoms with Crippen molar-refractivity contribution in [2.45, 2.75) is 11.7 Å². The molecular formula is C21H16FN3O2S. The third-order valence-electron chi connectivity index (χ3n) is 4.12. The molecule has 0 spiro atoms. The van der Waals surface area contributed by atoms with Gasteiger partial charge >= 0.3 is 0 Å². The van der Waals surface area contributed by atoms with E-state index in [0.717, 1.165) is 5.56 Å². The molecule has 2 aromatic carbocycles. The summed E-state index contributed by atoms with van der Waals surface area (Å²) in [4.78, 5) is 12.4. The lowest BCUT2D eigenvalue weighted by atomic mass is 10.1. The summed E-state index contributed by atoms with van der Waals surface area (Å²) in [5.41, 5.74) is 1.42. The number of benzene rings is 2. The molecule has 0 saturated carbocycles. The number of hydrogen-bond donors (Lipinski definition) is 0. The molecule has 140 valence electrons. The zero-order chi connectivity index (χ0) is 19.3. The maximum Gasteiger partial charge on any atom is 0.200 e. The van der Waals surface area contributed by atoms with Crippen LogP contribution >= 0.6 is 11.8 Å². The van der Waals surface area contributed by atoms with Crippen LogP contribution in [0.2, 0.25) is 0 Å². The molecule has 0 radical (unpaired) electrons. The number of aromatic nitrogens is 3. The van der Waals surface area contributed by atoms with Crippen LogP contribution in [-0.4, -0.2) is 26.3 Å². The fourth-order valence-corrected chi connectivity index (χ4v) is 3.60. The largest absolute Gasteiger partial charge is 0.461 e. The molecule has 0 aliphatic heterocycles. The molecule has 0 saturated heterocycles. The summed E-state index contributed by atoms with van der Waals surface area (Å²) in [5.74, 6) is 0.733. The summed E-state index contributed by atoms with van der Waals surface area (Å²) in [6.07, 6.45) is 1.58. The van der Waals surface area contributed by atoms with E-state index in [4.69, 9.17) is 4.42 Å². The Bertz CT molecular complexity index is 1080. The molecule has 0 unspecified atom stereocenters. The predicted molar refractivity (Wildman–Crippen MR) is 105 cm³/mol. The summed E-state index contributed by atoms with van der Waals surface area (Å²) in [6, 6.07) is 19.2. The highest BCUT2D eigenvalue weighted by Gasteiger charge is 2.18. The highest BCUT2D eigenvalue weighted by Crippen LogP contribution is 2.26. The fraction of sp³-hybridized carbons (Fsp3) is 0.0952. The minimum atomic E-state index is -0.428. The summed E-state index contributed by atoms with van der Waals surface area (Å²) in [7, 11) is 0. The van der Waals surface area contributed by atoms with E-state index in [1.807, 2.05) is 41.0 Å². The number of thioether (sulfide) groups is 1. The second-order valence-electron chi connectivity index (χ2n) is 6.08. The number of nitrogens with zero attached hydrogens (tertiary/aromatic N) is 3. The second kappa shape index (κ2) is 8.22. The van der Waals surface area contributed by atoms with Crippen LogP contribution in [0, 0.1) is 5.82 Å². The van der Waals surface area contributed by atoms with Crippen LogP contribution in [0.25, 0.3) is 11.6 Å². The third-order valence-corrected chi connectivity index (χ3v) is 5.09. The van der Waals surface area contributed by atoms with E-state index < -0.39 is 5.82 Å². The topological polar surface area (TPSA) is 60.9 Å². The standard InChI is InChI=1S/C21H16FN3O2S/c22-17-9-4-8-16(12-17)18(26)14-28-21-24-23-20(19-10-5-11-27-19)25(21)13-15-6-2-1-3-7-15/h1-12H,13-14H2. The smallest absolute Gasteiger partial charge is 0.200 e. The van der Waals surface area contributed by atoms with E-state index in [1.165, 1.54) is 30.0 Å². The summed E-state index contributed by atoms with van der Waals surface area (Å²) in [5, 5.41) is 9.08. The first-order chi connectivity index (χ1) is 13.7. The Morgan fingerprint density at radius 3 is 2.64 bits per heavy atom. The highest BCUT2D eigenvalue weighted by molar-refractivity contribution is 7.99. The van der Waals surface area contributed by atoms with Crippen molar-refractivity contribution in [2.24, 2.45) is 0 Å². The van der Waals surface area contributed by atoms with E-state index in [1.54, 1.807) is 18.4 Å². The molecule has 4 rings (SSSR count). The van der Waals surface area contributed by atoms with Crippen LogP contribution < -0.4 is 0 Å². The second-order valence-corrected chi connectivity index (χ2v) is 7.02. The number of carbonyl (C=O) groups is 1. The van der Waals surface area contributed by atoms with Gasteiger partial charge in [0.25, 0.3) is 0 Å². The Morgan fingerprint density at radius 2 is 1.89 bits per heavy atom. The van der Waals surface area contributed by atoms with Gasteiger partial charge in [0.2, 0.25) is 5.82 Å². The zero-order valence-corrected chi connectivity index (χ0v) is 15.6. The first-order valence-corrected chi connectivity index (χ1v) is 9.62. The van der Waals surface area contributed by atoms with Crippen molar-refractivity contribution < 1.29 is 13.6 Å². The van der Waals surface area contributed by atoms with Crippen LogP contribution in [-0.2, 0) is 6.54 Å². The molecule has 0 bridgehead atoms.